The van der Waals surface area contributed by atoms with Crippen LogP contribution in [0.2, 0.25) is 0 Å². The predicted octanol–water partition coefficient (Wildman–Crippen LogP) is 4.11. The second-order valence-corrected chi connectivity index (χ2v) is 5.32. The van der Waals surface area contributed by atoms with Crippen LogP contribution in [0, 0.1) is 28.9 Å². The van der Waals surface area contributed by atoms with Gasteiger partial charge in [-0.25, -0.2) is 8.78 Å². The van der Waals surface area contributed by atoms with E-state index in [9.17, 15) is 18.8 Å². The largest absolute Gasteiger partial charge is 0.298 e. The molecule has 1 unspecified atom stereocenters. The molecule has 0 aromatic heterocycles. The summed E-state index contributed by atoms with van der Waals surface area (Å²) in [5, 5.41) is 9.21. The second-order valence-electron chi connectivity index (χ2n) is 5.32. The Kier molecular flexibility index (Phi) is 4.84. The van der Waals surface area contributed by atoms with Crippen LogP contribution >= 0.6 is 0 Å². The number of carbonyl (C=O) groups excluding carboxylic acids is 1. The molecule has 0 aliphatic heterocycles. The monoisotopic (exact) mass is 277 g/mol. The van der Waals surface area contributed by atoms with Crippen molar-refractivity contribution in [2.24, 2.45) is 5.92 Å². The van der Waals surface area contributed by atoms with E-state index in [0.717, 1.165) is 50.7 Å². The lowest BCUT2D eigenvalue weighted by Crippen LogP contribution is -2.22. The third-order valence-electron chi connectivity index (χ3n) is 3.94. The zero-order valence-corrected chi connectivity index (χ0v) is 11.2. The first kappa shape index (κ1) is 14.6. The summed E-state index contributed by atoms with van der Waals surface area (Å²) >= 11 is 0. The Balaban J connectivity index is 2.22. The molecule has 1 saturated carbocycles. The molecule has 2 rings (SSSR count). The Morgan fingerprint density at radius 3 is 2.40 bits per heavy atom. The summed E-state index contributed by atoms with van der Waals surface area (Å²) in [6, 6.07) is 4.89. The SMILES string of the molecule is N#CC(C(=O)C1CCCCCC1)c1ccc(F)cc1F. The quantitative estimate of drug-likeness (QED) is 0.780. The van der Waals surface area contributed by atoms with Crippen LogP contribution < -0.4 is 0 Å². The zero-order valence-electron chi connectivity index (χ0n) is 11.2. The fourth-order valence-electron chi connectivity index (χ4n) is 2.82. The Hall–Kier alpha value is -1.76. The summed E-state index contributed by atoms with van der Waals surface area (Å²) in [4.78, 5) is 12.4. The zero-order chi connectivity index (χ0) is 14.5. The highest BCUT2D eigenvalue weighted by molar-refractivity contribution is 5.90. The van der Waals surface area contributed by atoms with Gasteiger partial charge in [0.25, 0.3) is 0 Å². The third-order valence-corrected chi connectivity index (χ3v) is 3.94. The van der Waals surface area contributed by atoms with Gasteiger partial charge >= 0.3 is 0 Å². The van der Waals surface area contributed by atoms with Gasteiger partial charge in [0.2, 0.25) is 0 Å². The normalized spacial score (nSPS) is 18.1. The van der Waals surface area contributed by atoms with Crippen molar-refractivity contribution < 1.29 is 13.6 Å². The molecule has 1 aromatic carbocycles. The van der Waals surface area contributed by atoms with Gasteiger partial charge in [0.15, 0.2) is 5.78 Å². The molecular formula is C16H17F2NO. The van der Waals surface area contributed by atoms with Gasteiger partial charge in [-0.3, -0.25) is 4.79 Å². The lowest BCUT2D eigenvalue weighted by molar-refractivity contribution is -0.123. The number of ketones is 1. The molecule has 1 aliphatic rings. The highest BCUT2D eigenvalue weighted by atomic mass is 19.1. The minimum Gasteiger partial charge on any atom is -0.298 e. The number of nitriles is 1. The molecule has 106 valence electrons. The molecule has 1 fully saturated rings. The van der Waals surface area contributed by atoms with E-state index >= 15 is 0 Å². The van der Waals surface area contributed by atoms with Crippen molar-refractivity contribution in [1.29, 1.82) is 5.26 Å². The van der Waals surface area contributed by atoms with Crippen molar-refractivity contribution in [3.05, 3.63) is 35.4 Å². The van der Waals surface area contributed by atoms with Crippen LogP contribution in [-0.2, 0) is 4.79 Å². The van der Waals surface area contributed by atoms with Gasteiger partial charge in [-0.1, -0.05) is 31.7 Å². The molecule has 2 nitrogen and oxygen atoms in total. The summed E-state index contributed by atoms with van der Waals surface area (Å²) < 4.78 is 26.7. The first-order valence-electron chi connectivity index (χ1n) is 7.01. The Labute approximate surface area is 117 Å². The van der Waals surface area contributed by atoms with Crippen molar-refractivity contribution in [2.45, 2.75) is 44.4 Å². The van der Waals surface area contributed by atoms with E-state index in [1.165, 1.54) is 6.07 Å². The fourth-order valence-corrected chi connectivity index (χ4v) is 2.82. The van der Waals surface area contributed by atoms with Gasteiger partial charge in [0, 0.05) is 17.5 Å². The topological polar surface area (TPSA) is 40.9 Å². The predicted molar refractivity (Wildman–Crippen MR) is 70.9 cm³/mol. The first-order chi connectivity index (χ1) is 9.63. The molecule has 1 atom stereocenters. The minimum absolute atomic E-state index is 0.0110. The van der Waals surface area contributed by atoms with Gasteiger partial charge in [0.1, 0.15) is 17.6 Å². The summed E-state index contributed by atoms with van der Waals surface area (Å²) in [6.07, 6.45) is 5.68. The number of benzene rings is 1. The summed E-state index contributed by atoms with van der Waals surface area (Å²) in [6.45, 7) is 0. The molecule has 20 heavy (non-hydrogen) atoms. The van der Waals surface area contributed by atoms with Crippen LogP contribution in [0.25, 0.3) is 0 Å². The van der Waals surface area contributed by atoms with Gasteiger partial charge in [0.05, 0.1) is 6.07 Å². The van der Waals surface area contributed by atoms with Crippen molar-refractivity contribution in [2.75, 3.05) is 0 Å². The molecule has 1 aromatic rings. The standard InChI is InChI=1S/C16H17F2NO/c17-12-7-8-13(15(18)9-12)14(10-19)16(20)11-5-3-1-2-4-6-11/h7-9,11,14H,1-6H2. The molecule has 0 radical (unpaired) electrons. The Morgan fingerprint density at radius 2 is 1.85 bits per heavy atom. The molecule has 0 heterocycles. The van der Waals surface area contributed by atoms with Gasteiger partial charge in [-0.05, 0) is 18.9 Å². The van der Waals surface area contributed by atoms with E-state index in [-0.39, 0.29) is 17.3 Å². The Bertz CT molecular complexity index is 528. The molecule has 4 heteroatoms. The number of carbonyl (C=O) groups is 1. The number of hydrogen-bond acceptors (Lipinski definition) is 2. The first-order valence-corrected chi connectivity index (χ1v) is 7.01. The summed E-state index contributed by atoms with van der Waals surface area (Å²) in [7, 11) is 0. The van der Waals surface area contributed by atoms with E-state index in [1.54, 1.807) is 0 Å². The van der Waals surface area contributed by atoms with Gasteiger partial charge in [-0.15, -0.1) is 0 Å². The Morgan fingerprint density at radius 1 is 1.20 bits per heavy atom. The van der Waals surface area contributed by atoms with E-state index < -0.39 is 17.6 Å². The number of nitrogens with zero attached hydrogens (tertiary/aromatic N) is 1. The van der Waals surface area contributed by atoms with Crippen LogP contribution in [0.4, 0.5) is 8.78 Å². The average Bonchev–Trinajstić information content (AvgIpc) is 2.70. The maximum absolute atomic E-state index is 13.8. The molecule has 0 bridgehead atoms. The van der Waals surface area contributed by atoms with E-state index in [1.807, 2.05) is 6.07 Å². The summed E-state index contributed by atoms with van der Waals surface area (Å²) in [5.74, 6) is -3.05. The summed E-state index contributed by atoms with van der Waals surface area (Å²) in [5.41, 5.74) is -0.0110. The highest BCUT2D eigenvalue weighted by Gasteiger charge is 2.30. The second kappa shape index (κ2) is 6.60. The molecular weight excluding hydrogens is 260 g/mol. The molecule has 0 spiro atoms. The van der Waals surface area contributed by atoms with Gasteiger partial charge < -0.3 is 0 Å². The third kappa shape index (κ3) is 3.22. The smallest absolute Gasteiger partial charge is 0.157 e. The molecule has 0 N–H and O–H groups in total. The van der Waals surface area contributed by atoms with Crippen LogP contribution in [0.15, 0.2) is 18.2 Å². The van der Waals surface area contributed by atoms with E-state index in [4.69, 9.17) is 0 Å². The van der Waals surface area contributed by atoms with Crippen LogP contribution in [0.5, 0.6) is 0 Å². The van der Waals surface area contributed by atoms with E-state index in [0.29, 0.717) is 0 Å². The molecule has 0 saturated heterocycles. The minimum atomic E-state index is -1.13. The molecule has 0 amide bonds. The van der Waals surface area contributed by atoms with Gasteiger partial charge in [-0.2, -0.15) is 5.26 Å². The maximum atomic E-state index is 13.8. The maximum Gasteiger partial charge on any atom is 0.157 e. The highest BCUT2D eigenvalue weighted by Crippen LogP contribution is 2.30. The number of halogens is 2. The van der Waals surface area contributed by atoms with Crippen LogP contribution in [0.1, 0.15) is 50.0 Å². The fraction of sp³-hybridized carbons (Fsp3) is 0.500. The van der Waals surface area contributed by atoms with Crippen molar-refractivity contribution in [1.82, 2.24) is 0 Å². The van der Waals surface area contributed by atoms with E-state index in [2.05, 4.69) is 0 Å². The molecule has 1 aliphatic carbocycles. The van der Waals surface area contributed by atoms with Crippen molar-refractivity contribution >= 4 is 5.78 Å². The number of Topliss-reactive ketones (excluding diaryl/α,β-unsaturated/α-hetero) is 1. The number of rotatable bonds is 3. The lowest BCUT2D eigenvalue weighted by Gasteiger charge is -2.17. The van der Waals surface area contributed by atoms with Crippen molar-refractivity contribution in [3.8, 4) is 6.07 Å². The van der Waals surface area contributed by atoms with Crippen LogP contribution in [-0.4, -0.2) is 5.78 Å². The van der Waals surface area contributed by atoms with Crippen LogP contribution in [0.3, 0.4) is 0 Å². The lowest BCUT2D eigenvalue weighted by atomic mass is 9.84. The number of hydrogen-bond donors (Lipinski definition) is 0. The average molecular weight is 277 g/mol. The van der Waals surface area contributed by atoms with Crippen molar-refractivity contribution in [3.63, 3.8) is 0 Å².